The lowest BCUT2D eigenvalue weighted by atomic mass is 10.4. The average Bonchev–Trinajstić information content (AvgIpc) is 2.48. The average molecular weight is 367 g/mol. The zero-order valence-corrected chi connectivity index (χ0v) is 13.7. The van der Waals surface area contributed by atoms with Crippen LogP contribution in [0, 0.1) is 0 Å². The van der Waals surface area contributed by atoms with Gasteiger partial charge in [0.1, 0.15) is 6.54 Å². The van der Waals surface area contributed by atoms with E-state index in [9.17, 15) is 9.59 Å². The highest BCUT2D eigenvalue weighted by atomic mass is 79.9. The highest BCUT2D eigenvalue weighted by molar-refractivity contribution is 9.10. The van der Waals surface area contributed by atoms with Gasteiger partial charge in [-0.25, -0.2) is 0 Å². The van der Waals surface area contributed by atoms with Crippen molar-refractivity contribution in [3.63, 3.8) is 0 Å². The molecule has 0 saturated carbocycles. The molecule has 1 aromatic carbocycles. The first-order chi connectivity index (χ1) is 10.1. The number of halogens is 1. The van der Waals surface area contributed by atoms with Crippen molar-refractivity contribution >= 4 is 33.6 Å². The molecule has 1 aromatic heterocycles. The van der Waals surface area contributed by atoms with Gasteiger partial charge < -0.3 is 9.88 Å². The lowest BCUT2D eigenvalue weighted by molar-refractivity contribution is -0.121. The van der Waals surface area contributed by atoms with E-state index in [-0.39, 0.29) is 18.0 Å². The minimum atomic E-state index is -0.188. The van der Waals surface area contributed by atoms with E-state index in [4.69, 9.17) is 0 Å². The standard InChI is InChI=1S/C15H15BrN2O2S/c16-12-6-7-15(20)18(10-12)11-14(19)17-8-9-21-13-4-2-1-3-5-13/h1-7,10H,8-9,11H2,(H,17,19). The van der Waals surface area contributed by atoms with E-state index < -0.39 is 0 Å². The smallest absolute Gasteiger partial charge is 0.251 e. The zero-order chi connectivity index (χ0) is 15.1. The number of amides is 1. The van der Waals surface area contributed by atoms with Crippen molar-refractivity contribution in [2.24, 2.45) is 0 Å². The molecule has 0 aliphatic carbocycles. The number of pyridine rings is 1. The molecular formula is C15H15BrN2O2S. The van der Waals surface area contributed by atoms with Gasteiger partial charge in [0.15, 0.2) is 0 Å². The Balaban J connectivity index is 1.75. The lowest BCUT2D eigenvalue weighted by Gasteiger charge is -2.07. The van der Waals surface area contributed by atoms with Crippen LogP contribution in [0.25, 0.3) is 0 Å². The van der Waals surface area contributed by atoms with Crippen LogP contribution in [-0.4, -0.2) is 22.8 Å². The third kappa shape index (κ3) is 5.40. The summed E-state index contributed by atoms with van der Waals surface area (Å²) in [5, 5.41) is 2.81. The molecule has 0 spiro atoms. The Morgan fingerprint density at radius 3 is 2.71 bits per heavy atom. The fraction of sp³-hybridized carbons (Fsp3) is 0.200. The zero-order valence-electron chi connectivity index (χ0n) is 11.3. The number of hydrogen-bond donors (Lipinski definition) is 1. The maximum absolute atomic E-state index is 11.8. The minimum Gasteiger partial charge on any atom is -0.354 e. The van der Waals surface area contributed by atoms with Crippen molar-refractivity contribution in [3.05, 3.63) is 63.5 Å². The van der Waals surface area contributed by atoms with E-state index in [1.165, 1.54) is 15.5 Å². The third-order valence-corrected chi connectivity index (χ3v) is 4.18. The molecule has 0 aliphatic heterocycles. The molecule has 0 unspecified atom stereocenters. The summed E-state index contributed by atoms with van der Waals surface area (Å²) in [5.74, 6) is 0.632. The molecule has 0 saturated heterocycles. The minimum absolute atomic E-state index is 0.0360. The molecule has 1 heterocycles. The summed E-state index contributed by atoms with van der Waals surface area (Å²) < 4.78 is 2.15. The quantitative estimate of drug-likeness (QED) is 0.631. The lowest BCUT2D eigenvalue weighted by Crippen LogP contribution is -2.33. The monoisotopic (exact) mass is 366 g/mol. The normalized spacial score (nSPS) is 10.3. The van der Waals surface area contributed by atoms with Crippen LogP contribution in [-0.2, 0) is 11.3 Å². The first-order valence-electron chi connectivity index (χ1n) is 6.46. The molecule has 1 N–H and O–H groups in total. The highest BCUT2D eigenvalue weighted by Crippen LogP contribution is 2.15. The Morgan fingerprint density at radius 1 is 1.19 bits per heavy atom. The molecule has 0 aliphatic rings. The number of benzene rings is 1. The predicted molar refractivity (Wildman–Crippen MR) is 88.6 cm³/mol. The van der Waals surface area contributed by atoms with Crippen LogP contribution in [0.4, 0.5) is 0 Å². The van der Waals surface area contributed by atoms with E-state index in [1.54, 1.807) is 24.0 Å². The van der Waals surface area contributed by atoms with Gasteiger partial charge in [-0.1, -0.05) is 18.2 Å². The molecule has 6 heteroatoms. The number of carbonyl (C=O) groups is 1. The molecule has 21 heavy (non-hydrogen) atoms. The van der Waals surface area contributed by atoms with Crippen molar-refractivity contribution in [1.82, 2.24) is 9.88 Å². The van der Waals surface area contributed by atoms with Gasteiger partial charge >= 0.3 is 0 Å². The van der Waals surface area contributed by atoms with Gasteiger partial charge in [-0.15, -0.1) is 11.8 Å². The molecule has 0 atom stereocenters. The maximum atomic E-state index is 11.8. The Kier molecular flexibility index (Phi) is 6.07. The van der Waals surface area contributed by atoms with Crippen LogP contribution in [0.2, 0.25) is 0 Å². The molecular weight excluding hydrogens is 352 g/mol. The fourth-order valence-corrected chi connectivity index (χ4v) is 2.88. The number of aromatic nitrogens is 1. The van der Waals surface area contributed by atoms with Crippen molar-refractivity contribution in [2.75, 3.05) is 12.3 Å². The molecule has 2 aromatic rings. The molecule has 0 fully saturated rings. The summed E-state index contributed by atoms with van der Waals surface area (Å²) in [7, 11) is 0. The number of rotatable bonds is 6. The number of carbonyl (C=O) groups excluding carboxylic acids is 1. The van der Waals surface area contributed by atoms with Gasteiger partial charge in [0.25, 0.3) is 5.56 Å². The second kappa shape index (κ2) is 8.05. The van der Waals surface area contributed by atoms with E-state index in [0.717, 1.165) is 10.2 Å². The Hall–Kier alpha value is -1.53. The van der Waals surface area contributed by atoms with Crippen LogP contribution in [0.3, 0.4) is 0 Å². The van der Waals surface area contributed by atoms with E-state index in [2.05, 4.69) is 21.2 Å². The number of nitrogens with zero attached hydrogens (tertiary/aromatic N) is 1. The molecule has 2 rings (SSSR count). The van der Waals surface area contributed by atoms with Crippen LogP contribution >= 0.6 is 27.7 Å². The van der Waals surface area contributed by atoms with E-state index in [0.29, 0.717) is 6.54 Å². The van der Waals surface area contributed by atoms with Gasteiger partial charge in [-0.3, -0.25) is 9.59 Å². The molecule has 110 valence electrons. The largest absolute Gasteiger partial charge is 0.354 e. The molecule has 0 radical (unpaired) electrons. The van der Waals surface area contributed by atoms with Gasteiger partial charge in [-0.2, -0.15) is 0 Å². The summed E-state index contributed by atoms with van der Waals surface area (Å²) in [6.07, 6.45) is 1.61. The van der Waals surface area contributed by atoms with Crippen molar-refractivity contribution in [2.45, 2.75) is 11.4 Å². The van der Waals surface area contributed by atoms with Crippen LogP contribution in [0.5, 0.6) is 0 Å². The predicted octanol–water partition coefficient (Wildman–Crippen LogP) is 2.52. The van der Waals surface area contributed by atoms with Crippen LogP contribution in [0.1, 0.15) is 0 Å². The Morgan fingerprint density at radius 2 is 1.95 bits per heavy atom. The second-order valence-electron chi connectivity index (χ2n) is 4.32. The summed E-state index contributed by atoms with van der Waals surface area (Å²) in [5.41, 5.74) is -0.188. The van der Waals surface area contributed by atoms with Crippen molar-refractivity contribution < 1.29 is 4.79 Å². The maximum Gasteiger partial charge on any atom is 0.251 e. The van der Waals surface area contributed by atoms with E-state index >= 15 is 0 Å². The highest BCUT2D eigenvalue weighted by Gasteiger charge is 2.04. The first-order valence-corrected chi connectivity index (χ1v) is 8.23. The molecule has 4 nitrogen and oxygen atoms in total. The molecule has 1 amide bonds. The topological polar surface area (TPSA) is 51.1 Å². The summed E-state index contributed by atoms with van der Waals surface area (Å²) in [4.78, 5) is 24.5. The van der Waals surface area contributed by atoms with Gasteiger partial charge in [0.05, 0.1) is 0 Å². The number of hydrogen-bond acceptors (Lipinski definition) is 3. The van der Waals surface area contributed by atoms with Gasteiger partial charge in [0.2, 0.25) is 5.91 Å². The van der Waals surface area contributed by atoms with Gasteiger partial charge in [0, 0.05) is 33.9 Å². The summed E-state index contributed by atoms with van der Waals surface area (Å²) >= 11 is 4.96. The van der Waals surface area contributed by atoms with Crippen molar-refractivity contribution in [3.8, 4) is 0 Å². The summed E-state index contributed by atoms with van der Waals surface area (Å²) in [6, 6.07) is 13.1. The number of thioether (sulfide) groups is 1. The Labute approximate surface area is 135 Å². The van der Waals surface area contributed by atoms with Crippen LogP contribution < -0.4 is 10.9 Å². The third-order valence-electron chi connectivity index (χ3n) is 2.70. The molecule has 0 bridgehead atoms. The second-order valence-corrected chi connectivity index (χ2v) is 6.41. The number of nitrogens with one attached hydrogen (secondary N) is 1. The Bertz CT molecular complexity index is 658. The van der Waals surface area contributed by atoms with Gasteiger partial charge in [-0.05, 0) is 34.1 Å². The van der Waals surface area contributed by atoms with Crippen molar-refractivity contribution in [1.29, 1.82) is 0 Å². The SMILES string of the molecule is O=C(Cn1cc(Br)ccc1=O)NCCSc1ccccc1. The summed E-state index contributed by atoms with van der Waals surface area (Å²) in [6.45, 7) is 0.607. The van der Waals surface area contributed by atoms with Crippen LogP contribution in [0.15, 0.2) is 62.8 Å². The van der Waals surface area contributed by atoms with E-state index in [1.807, 2.05) is 30.3 Å². The first kappa shape index (κ1) is 15.9. The fourth-order valence-electron chi connectivity index (χ4n) is 1.71.